The van der Waals surface area contributed by atoms with Crippen LogP contribution in [0.2, 0.25) is 0 Å². The molecule has 2 aliphatic rings. The van der Waals surface area contributed by atoms with Gasteiger partial charge in [-0.1, -0.05) is 30.3 Å². The van der Waals surface area contributed by atoms with Gasteiger partial charge >= 0.3 is 0 Å². The molecule has 2 aromatic carbocycles. The summed E-state index contributed by atoms with van der Waals surface area (Å²) in [4.78, 5) is 16.5. The van der Waals surface area contributed by atoms with Crippen LogP contribution < -0.4 is 4.74 Å². The number of halogens is 2. The van der Waals surface area contributed by atoms with E-state index in [1.165, 1.54) is 12.7 Å². The fourth-order valence-corrected chi connectivity index (χ4v) is 5.35. The van der Waals surface area contributed by atoms with Crippen LogP contribution in [-0.2, 0) is 9.53 Å². The minimum atomic E-state index is -1.40. The SMILES string of the molecule is COCC(=O)N1CCN(C2CCC(c3ccccc3)CC2)CC(O)(COc2cc(F)cc(F)c2)C1. The second-order valence-corrected chi connectivity index (χ2v) is 9.75. The summed E-state index contributed by atoms with van der Waals surface area (Å²) in [6.07, 6.45) is 4.12. The lowest BCUT2D eigenvalue weighted by atomic mass is 9.81. The van der Waals surface area contributed by atoms with Crippen molar-refractivity contribution in [3.63, 3.8) is 0 Å². The molecule has 1 N–H and O–H groups in total. The molecule has 1 unspecified atom stereocenters. The third-order valence-electron chi connectivity index (χ3n) is 7.09. The van der Waals surface area contributed by atoms with Crippen molar-refractivity contribution in [1.29, 1.82) is 0 Å². The molecule has 1 aliphatic heterocycles. The number of carbonyl (C=O) groups excluding carboxylic acids is 1. The first-order valence-electron chi connectivity index (χ1n) is 12.2. The molecule has 1 saturated heterocycles. The van der Waals surface area contributed by atoms with Gasteiger partial charge in [-0.2, -0.15) is 0 Å². The molecule has 1 aliphatic carbocycles. The number of carbonyl (C=O) groups is 1. The Morgan fingerprint density at radius 1 is 1.03 bits per heavy atom. The van der Waals surface area contributed by atoms with Crippen LogP contribution in [0.5, 0.6) is 5.75 Å². The summed E-state index contributed by atoms with van der Waals surface area (Å²) in [6, 6.07) is 13.8. The van der Waals surface area contributed by atoms with Gasteiger partial charge in [-0.25, -0.2) is 8.78 Å². The van der Waals surface area contributed by atoms with E-state index in [0.717, 1.165) is 43.9 Å². The fourth-order valence-electron chi connectivity index (χ4n) is 5.35. The number of ether oxygens (including phenoxy) is 2. The minimum absolute atomic E-state index is 0.00450. The number of hydrogen-bond donors (Lipinski definition) is 1. The van der Waals surface area contributed by atoms with Gasteiger partial charge in [0.15, 0.2) is 0 Å². The fraction of sp³-hybridized carbons (Fsp3) is 0.519. The van der Waals surface area contributed by atoms with Crippen LogP contribution in [0.25, 0.3) is 0 Å². The number of β-amino-alcohol motifs (C(OH)–C–C–N with tert-alkyl or cyclic N) is 1. The molecule has 2 fully saturated rings. The summed E-state index contributed by atoms with van der Waals surface area (Å²) in [5.74, 6) is -1.17. The van der Waals surface area contributed by atoms with Gasteiger partial charge < -0.3 is 19.5 Å². The number of nitrogens with zero attached hydrogens (tertiary/aromatic N) is 2. The van der Waals surface area contributed by atoms with E-state index in [-0.39, 0.29) is 37.5 Å². The summed E-state index contributed by atoms with van der Waals surface area (Å²) < 4.78 is 37.9. The van der Waals surface area contributed by atoms with E-state index in [1.807, 2.05) is 6.07 Å². The van der Waals surface area contributed by atoms with Crippen LogP contribution in [0, 0.1) is 11.6 Å². The van der Waals surface area contributed by atoms with Crippen LogP contribution >= 0.6 is 0 Å². The molecule has 8 heteroatoms. The van der Waals surface area contributed by atoms with Gasteiger partial charge in [-0.05, 0) is 37.2 Å². The van der Waals surface area contributed by atoms with Crippen molar-refractivity contribution in [3.05, 3.63) is 65.7 Å². The summed E-state index contributed by atoms with van der Waals surface area (Å²) in [7, 11) is 1.46. The normalized spacial score (nSPS) is 25.8. The molecule has 1 saturated carbocycles. The first kappa shape index (κ1) is 25.5. The molecule has 190 valence electrons. The van der Waals surface area contributed by atoms with Gasteiger partial charge in [0.2, 0.25) is 5.91 Å². The molecule has 35 heavy (non-hydrogen) atoms. The van der Waals surface area contributed by atoms with Crippen molar-refractivity contribution in [1.82, 2.24) is 9.80 Å². The zero-order chi connectivity index (χ0) is 24.8. The quantitative estimate of drug-likeness (QED) is 0.646. The highest BCUT2D eigenvalue weighted by atomic mass is 19.1. The van der Waals surface area contributed by atoms with Gasteiger partial charge in [0.05, 0.1) is 6.54 Å². The largest absolute Gasteiger partial charge is 0.490 e. The van der Waals surface area contributed by atoms with E-state index >= 15 is 0 Å². The number of methoxy groups -OCH3 is 1. The van der Waals surface area contributed by atoms with Crippen molar-refractivity contribution >= 4 is 5.91 Å². The van der Waals surface area contributed by atoms with E-state index in [4.69, 9.17) is 9.47 Å². The second kappa shape index (κ2) is 11.5. The lowest BCUT2D eigenvalue weighted by molar-refractivity contribution is -0.138. The Hall–Kier alpha value is -2.55. The Morgan fingerprint density at radius 2 is 1.71 bits per heavy atom. The lowest BCUT2D eigenvalue weighted by Crippen LogP contribution is -2.54. The number of hydrogen-bond acceptors (Lipinski definition) is 5. The topological polar surface area (TPSA) is 62.2 Å². The molecule has 0 spiro atoms. The van der Waals surface area contributed by atoms with E-state index < -0.39 is 17.2 Å². The summed E-state index contributed by atoms with van der Waals surface area (Å²) in [5.41, 5.74) is -0.0377. The minimum Gasteiger partial charge on any atom is -0.490 e. The predicted octanol–water partition coefficient (Wildman–Crippen LogP) is 3.59. The van der Waals surface area contributed by atoms with Crippen LogP contribution in [0.4, 0.5) is 8.78 Å². The maximum Gasteiger partial charge on any atom is 0.248 e. The highest BCUT2D eigenvalue weighted by molar-refractivity contribution is 5.77. The van der Waals surface area contributed by atoms with Crippen molar-refractivity contribution in [2.24, 2.45) is 0 Å². The van der Waals surface area contributed by atoms with Gasteiger partial charge in [0.1, 0.15) is 36.2 Å². The molecule has 0 radical (unpaired) electrons. The van der Waals surface area contributed by atoms with E-state index in [9.17, 15) is 18.7 Å². The Kier molecular flexibility index (Phi) is 8.36. The monoisotopic (exact) mass is 488 g/mol. The van der Waals surface area contributed by atoms with Crippen LogP contribution in [0.1, 0.15) is 37.2 Å². The van der Waals surface area contributed by atoms with Gasteiger partial charge in [0.25, 0.3) is 0 Å². The van der Waals surface area contributed by atoms with Crippen LogP contribution in [0.15, 0.2) is 48.5 Å². The van der Waals surface area contributed by atoms with Crippen molar-refractivity contribution in [2.45, 2.75) is 43.2 Å². The van der Waals surface area contributed by atoms with Crippen molar-refractivity contribution in [2.75, 3.05) is 46.5 Å². The number of rotatable bonds is 7. The van der Waals surface area contributed by atoms with E-state index in [1.54, 1.807) is 4.90 Å². The molecule has 1 heterocycles. The van der Waals surface area contributed by atoms with Gasteiger partial charge in [0, 0.05) is 51.0 Å². The molecule has 1 amide bonds. The number of benzene rings is 2. The Labute approximate surface area is 205 Å². The molecule has 0 aromatic heterocycles. The summed E-state index contributed by atoms with van der Waals surface area (Å²) in [6.45, 7) is 1.20. The molecular formula is C27H34F2N2O4. The zero-order valence-corrected chi connectivity index (χ0v) is 20.2. The molecule has 0 bridgehead atoms. The Bertz CT molecular complexity index is 964. The van der Waals surface area contributed by atoms with Crippen LogP contribution in [-0.4, -0.2) is 79.0 Å². The molecule has 1 atom stereocenters. The maximum absolute atomic E-state index is 13.6. The molecule has 4 rings (SSSR count). The zero-order valence-electron chi connectivity index (χ0n) is 20.2. The second-order valence-electron chi connectivity index (χ2n) is 9.75. The van der Waals surface area contributed by atoms with Gasteiger partial charge in [-0.3, -0.25) is 9.69 Å². The highest BCUT2D eigenvalue weighted by Gasteiger charge is 2.40. The average molecular weight is 489 g/mol. The third-order valence-corrected chi connectivity index (χ3v) is 7.09. The first-order chi connectivity index (χ1) is 16.8. The standard InChI is InChI=1S/C27H34F2N2O4/c1-34-16-26(32)31-12-11-30(24-9-7-21(8-10-24)20-5-3-2-4-6-20)17-27(33,18-31)19-35-25-14-22(28)13-23(29)15-25/h2-6,13-15,21,24,33H,7-12,16-19H2,1H3. The van der Waals surface area contributed by atoms with Crippen molar-refractivity contribution < 1.29 is 28.2 Å². The Balaban J connectivity index is 1.45. The summed E-state index contributed by atoms with van der Waals surface area (Å²) >= 11 is 0. The average Bonchev–Trinajstić information content (AvgIpc) is 3.03. The van der Waals surface area contributed by atoms with Crippen LogP contribution in [0.3, 0.4) is 0 Å². The maximum atomic E-state index is 13.6. The van der Waals surface area contributed by atoms with E-state index in [2.05, 4.69) is 29.2 Å². The molecule has 2 aromatic rings. The summed E-state index contributed by atoms with van der Waals surface area (Å²) in [5, 5.41) is 11.6. The predicted molar refractivity (Wildman–Crippen MR) is 128 cm³/mol. The number of amides is 1. The molecular weight excluding hydrogens is 454 g/mol. The van der Waals surface area contributed by atoms with Crippen molar-refractivity contribution in [3.8, 4) is 5.75 Å². The van der Waals surface area contributed by atoms with E-state index in [0.29, 0.717) is 25.6 Å². The highest BCUT2D eigenvalue weighted by Crippen LogP contribution is 2.35. The number of aliphatic hydroxyl groups is 1. The van der Waals surface area contributed by atoms with Gasteiger partial charge in [-0.15, -0.1) is 0 Å². The smallest absolute Gasteiger partial charge is 0.248 e. The lowest BCUT2D eigenvalue weighted by Gasteiger charge is -2.39. The Morgan fingerprint density at radius 3 is 2.37 bits per heavy atom. The molecule has 6 nitrogen and oxygen atoms in total. The third kappa shape index (κ3) is 6.78. The first-order valence-corrected chi connectivity index (χ1v) is 12.2.